The lowest BCUT2D eigenvalue weighted by Gasteiger charge is -2.30. The summed E-state index contributed by atoms with van der Waals surface area (Å²) in [6.45, 7) is 3.66. The second kappa shape index (κ2) is 15.1. The first-order chi connectivity index (χ1) is 15.7. The highest BCUT2D eigenvalue weighted by molar-refractivity contribution is 5.96. The molecule has 0 aromatic heterocycles. The van der Waals surface area contributed by atoms with Crippen LogP contribution in [0, 0.1) is 0 Å². The van der Waals surface area contributed by atoms with Gasteiger partial charge in [-0.3, -0.25) is 24.4 Å². The molecular weight excluding hydrogens is 432 g/mol. The van der Waals surface area contributed by atoms with Gasteiger partial charge >= 0.3 is 0 Å². The Labute approximate surface area is 193 Å². The van der Waals surface area contributed by atoms with Crippen LogP contribution in [0.15, 0.2) is 23.3 Å². The van der Waals surface area contributed by atoms with Crippen molar-refractivity contribution in [1.29, 1.82) is 0 Å². The van der Waals surface area contributed by atoms with Crippen LogP contribution in [0.5, 0.6) is 0 Å². The lowest BCUT2D eigenvalue weighted by Crippen LogP contribution is -2.61. The van der Waals surface area contributed by atoms with Crippen LogP contribution in [0.1, 0.15) is 52.4 Å². The standard InChI is InChI=1S/C22H36N4O7/c1-15(7-11-27)13-19(29)23-9-3-5-17-21(31)25-18(22(32)24-17)6-4-10-26(33)20(30)14-16(2)8-12-28/h13-14,17-18,27-28,33H,3-12H2,1-2H3,(H,23,29)(H,24,32)(H,25,31)/b15-13+,16-14+/t17-,18-/m0/s1. The maximum Gasteiger partial charge on any atom is 0.269 e. The normalized spacial score (nSPS) is 19.1. The zero-order valence-corrected chi connectivity index (χ0v) is 19.3. The van der Waals surface area contributed by atoms with Gasteiger partial charge < -0.3 is 26.2 Å². The van der Waals surface area contributed by atoms with Gasteiger partial charge in [-0.05, 0) is 52.4 Å². The highest BCUT2D eigenvalue weighted by atomic mass is 16.5. The summed E-state index contributed by atoms with van der Waals surface area (Å²) >= 11 is 0. The van der Waals surface area contributed by atoms with E-state index in [1.807, 2.05) is 0 Å². The van der Waals surface area contributed by atoms with Crippen molar-refractivity contribution in [2.75, 3.05) is 26.3 Å². The van der Waals surface area contributed by atoms with E-state index in [1.165, 1.54) is 12.2 Å². The second-order valence-corrected chi connectivity index (χ2v) is 8.09. The highest BCUT2D eigenvalue weighted by Crippen LogP contribution is 2.09. The number of piperazine rings is 1. The number of aliphatic hydroxyl groups excluding tert-OH is 2. The summed E-state index contributed by atoms with van der Waals surface area (Å²) in [7, 11) is 0. The summed E-state index contributed by atoms with van der Waals surface area (Å²) in [5, 5.41) is 36.1. The molecular formula is C22H36N4O7. The molecule has 11 nitrogen and oxygen atoms in total. The Bertz CT molecular complexity index is 751. The molecule has 1 aliphatic heterocycles. The molecule has 1 rings (SSSR count). The first-order valence-electron chi connectivity index (χ1n) is 11.1. The maximum absolute atomic E-state index is 12.3. The third-order valence-corrected chi connectivity index (χ3v) is 5.11. The van der Waals surface area contributed by atoms with Crippen LogP contribution in [-0.2, 0) is 19.2 Å². The minimum Gasteiger partial charge on any atom is -0.396 e. The van der Waals surface area contributed by atoms with E-state index < -0.39 is 18.0 Å². The van der Waals surface area contributed by atoms with Crippen LogP contribution in [0.4, 0.5) is 0 Å². The number of carbonyl (C=O) groups is 4. The molecule has 0 aliphatic carbocycles. The van der Waals surface area contributed by atoms with Gasteiger partial charge in [0.15, 0.2) is 0 Å². The van der Waals surface area contributed by atoms with Crippen molar-refractivity contribution in [2.45, 2.75) is 64.5 Å². The van der Waals surface area contributed by atoms with Crippen LogP contribution in [0.2, 0.25) is 0 Å². The Morgan fingerprint density at radius 3 is 2.00 bits per heavy atom. The first-order valence-corrected chi connectivity index (χ1v) is 11.1. The number of hydrogen-bond acceptors (Lipinski definition) is 7. The monoisotopic (exact) mass is 468 g/mol. The first kappa shape index (κ1) is 28.3. The molecule has 4 amide bonds. The molecule has 0 bridgehead atoms. The summed E-state index contributed by atoms with van der Waals surface area (Å²) in [4.78, 5) is 48.2. The second-order valence-electron chi connectivity index (χ2n) is 8.09. The molecule has 186 valence electrons. The summed E-state index contributed by atoms with van der Waals surface area (Å²) in [6.07, 6.45) is 4.83. The molecule has 1 saturated heterocycles. The van der Waals surface area contributed by atoms with Crippen LogP contribution in [0.3, 0.4) is 0 Å². The van der Waals surface area contributed by atoms with E-state index in [1.54, 1.807) is 13.8 Å². The van der Waals surface area contributed by atoms with Gasteiger partial charge in [-0.1, -0.05) is 11.1 Å². The minimum atomic E-state index is -0.747. The topological polar surface area (TPSA) is 168 Å². The van der Waals surface area contributed by atoms with Gasteiger partial charge in [0.1, 0.15) is 12.1 Å². The number of nitrogens with one attached hydrogen (secondary N) is 3. The van der Waals surface area contributed by atoms with Crippen molar-refractivity contribution in [3.05, 3.63) is 23.3 Å². The summed E-state index contributed by atoms with van der Waals surface area (Å²) in [6, 6.07) is -1.43. The molecule has 1 aliphatic rings. The van der Waals surface area contributed by atoms with Gasteiger partial charge in [0.2, 0.25) is 17.7 Å². The van der Waals surface area contributed by atoms with Gasteiger partial charge in [0.25, 0.3) is 5.91 Å². The fourth-order valence-electron chi connectivity index (χ4n) is 3.21. The quantitative estimate of drug-likeness (QED) is 0.0866. The Morgan fingerprint density at radius 2 is 1.45 bits per heavy atom. The number of hydrogen-bond donors (Lipinski definition) is 6. The fraction of sp³-hybridized carbons (Fsp3) is 0.636. The fourth-order valence-corrected chi connectivity index (χ4v) is 3.21. The smallest absolute Gasteiger partial charge is 0.269 e. The molecule has 6 N–H and O–H groups in total. The van der Waals surface area contributed by atoms with Crippen LogP contribution < -0.4 is 16.0 Å². The molecule has 0 aromatic rings. The van der Waals surface area contributed by atoms with Crippen molar-refractivity contribution >= 4 is 23.6 Å². The number of hydroxylamine groups is 2. The van der Waals surface area contributed by atoms with Crippen LogP contribution in [-0.4, -0.2) is 82.5 Å². The van der Waals surface area contributed by atoms with Crippen molar-refractivity contribution in [1.82, 2.24) is 21.0 Å². The average molecular weight is 469 g/mol. The van der Waals surface area contributed by atoms with Crippen molar-refractivity contribution in [3.8, 4) is 0 Å². The molecule has 1 fully saturated rings. The third kappa shape index (κ3) is 11.1. The molecule has 1 heterocycles. The molecule has 0 unspecified atom stereocenters. The number of carbonyl (C=O) groups excluding carboxylic acids is 4. The van der Waals surface area contributed by atoms with E-state index in [-0.39, 0.29) is 43.9 Å². The predicted octanol–water partition coefficient (Wildman–Crippen LogP) is -0.479. The zero-order chi connectivity index (χ0) is 24.8. The summed E-state index contributed by atoms with van der Waals surface area (Å²) in [5.41, 5.74) is 1.40. The lowest BCUT2D eigenvalue weighted by atomic mass is 10.0. The van der Waals surface area contributed by atoms with Crippen molar-refractivity contribution in [2.24, 2.45) is 0 Å². The third-order valence-electron chi connectivity index (χ3n) is 5.11. The number of aliphatic hydroxyl groups is 2. The zero-order valence-electron chi connectivity index (χ0n) is 19.3. The molecule has 2 atom stereocenters. The predicted molar refractivity (Wildman–Crippen MR) is 120 cm³/mol. The van der Waals surface area contributed by atoms with Crippen molar-refractivity contribution < 1.29 is 34.6 Å². The van der Waals surface area contributed by atoms with Gasteiger partial charge in [-0.25, -0.2) is 5.06 Å². The number of nitrogens with zero attached hydrogens (tertiary/aromatic N) is 1. The van der Waals surface area contributed by atoms with Crippen molar-refractivity contribution in [3.63, 3.8) is 0 Å². The molecule has 0 radical (unpaired) electrons. The van der Waals surface area contributed by atoms with Gasteiger partial charge in [0, 0.05) is 38.5 Å². The van der Waals surface area contributed by atoms with Crippen LogP contribution in [0.25, 0.3) is 0 Å². The van der Waals surface area contributed by atoms with E-state index in [0.29, 0.717) is 49.3 Å². The summed E-state index contributed by atoms with van der Waals surface area (Å²) in [5.74, 6) is -1.53. The van der Waals surface area contributed by atoms with Gasteiger partial charge in [0.05, 0.1) is 0 Å². The van der Waals surface area contributed by atoms with Gasteiger partial charge in [-0.15, -0.1) is 0 Å². The molecule has 33 heavy (non-hydrogen) atoms. The lowest BCUT2D eigenvalue weighted by molar-refractivity contribution is -0.159. The Morgan fingerprint density at radius 1 is 0.939 bits per heavy atom. The van der Waals surface area contributed by atoms with E-state index >= 15 is 0 Å². The van der Waals surface area contributed by atoms with Crippen LogP contribution >= 0.6 is 0 Å². The molecule has 0 spiro atoms. The minimum absolute atomic E-state index is 0.00323. The van der Waals surface area contributed by atoms with Gasteiger partial charge in [-0.2, -0.15) is 0 Å². The molecule has 0 saturated carbocycles. The largest absolute Gasteiger partial charge is 0.396 e. The SMILES string of the molecule is C/C(=C\C(=O)NCCC[C@@H]1NC(=O)[C@H](CCCN(O)C(=O)/C=C(\C)CCO)NC1=O)CCO. The Balaban J connectivity index is 2.34. The average Bonchev–Trinajstić information content (AvgIpc) is 2.74. The van der Waals surface area contributed by atoms with E-state index in [0.717, 1.165) is 5.57 Å². The van der Waals surface area contributed by atoms with E-state index in [2.05, 4.69) is 16.0 Å². The van der Waals surface area contributed by atoms with E-state index in [4.69, 9.17) is 10.2 Å². The Hall–Kier alpha value is -2.76. The molecule has 11 heteroatoms. The number of amides is 4. The molecule has 0 aromatic carbocycles. The van der Waals surface area contributed by atoms with E-state index in [9.17, 15) is 24.4 Å². The Kier molecular flexibility index (Phi) is 13.0. The highest BCUT2D eigenvalue weighted by Gasteiger charge is 2.32. The number of rotatable bonds is 14. The maximum atomic E-state index is 12.3. The summed E-state index contributed by atoms with van der Waals surface area (Å²) < 4.78 is 0.